The topological polar surface area (TPSA) is 50.2 Å². The molecular weight excluding hydrogens is 365 g/mol. The van der Waals surface area contributed by atoms with Crippen LogP contribution in [0.25, 0.3) is 22.0 Å². The van der Waals surface area contributed by atoms with Crippen LogP contribution in [-0.4, -0.2) is 16.1 Å². The molecule has 4 heteroatoms. The molecule has 1 aromatic heterocycles. The first-order chi connectivity index (χ1) is 9.66. The van der Waals surface area contributed by atoms with Gasteiger partial charge < -0.3 is 5.11 Å². The number of hydrogen-bond donors (Lipinski definition) is 1. The van der Waals surface area contributed by atoms with Crippen LogP contribution in [0, 0.1) is 3.57 Å². The van der Waals surface area contributed by atoms with E-state index < -0.39 is 5.97 Å². The Bertz CT molecular complexity index is 814. The quantitative estimate of drug-likeness (QED) is 0.683. The summed E-state index contributed by atoms with van der Waals surface area (Å²) >= 11 is 2.24. The maximum Gasteiger partial charge on any atom is 0.354 e. The summed E-state index contributed by atoms with van der Waals surface area (Å²) in [4.78, 5) is 15.6. The smallest absolute Gasteiger partial charge is 0.354 e. The van der Waals surface area contributed by atoms with E-state index in [0.717, 1.165) is 19.9 Å². The summed E-state index contributed by atoms with van der Waals surface area (Å²) in [6, 6.07) is 17.1. The molecule has 0 bridgehead atoms. The Kier molecular flexibility index (Phi) is 3.40. The molecule has 0 aliphatic carbocycles. The molecule has 98 valence electrons. The van der Waals surface area contributed by atoms with Gasteiger partial charge in [0.2, 0.25) is 0 Å². The van der Waals surface area contributed by atoms with Gasteiger partial charge >= 0.3 is 5.97 Å². The van der Waals surface area contributed by atoms with E-state index in [1.165, 1.54) is 0 Å². The maximum absolute atomic E-state index is 11.2. The minimum absolute atomic E-state index is 0.0679. The highest BCUT2D eigenvalue weighted by atomic mass is 127. The first-order valence-electron chi connectivity index (χ1n) is 6.05. The van der Waals surface area contributed by atoms with Gasteiger partial charge in [-0.05, 0) is 40.1 Å². The molecular formula is C16H10INO2. The number of fused-ring (bicyclic) bond motifs is 1. The fourth-order valence-corrected chi connectivity index (χ4v) is 2.81. The Labute approximate surface area is 129 Å². The van der Waals surface area contributed by atoms with E-state index >= 15 is 0 Å². The van der Waals surface area contributed by atoms with Crippen LogP contribution in [0.15, 0.2) is 54.6 Å². The van der Waals surface area contributed by atoms with Crippen molar-refractivity contribution in [2.45, 2.75) is 0 Å². The fraction of sp³-hybridized carbons (Fsp3) is 0. The molecule has 0 saturated heterocycles. The second kappa shape index (κ2) is 5.20. The number of carbonyl (C=O) groups is 1. The molecule has 3 rings (SSSR count). The minimum Gasteiger partial charge on any atom is -0.477 e. The second-order valence-electron chi connectivity index (χ2n) is 4.36. The predicted molar refractivity (Wildman–Crippen MR) is 86.9 cm³/mol. The van der Waals surface area contributed by atoms with E-state index in [1.54, 1.807) is 6.07 Å². The van der Waals surface area contributed by atoms with Crippen molar-refractivity contribution in [3.8, 4) is 11.3 Å². The largest absolute Gasteiger partial charge is 0.477 e. The molecule has 0 unspecified atom stereocenters. The zero-order valence-electron chi connectivity index (χ0n) is 10.4. The predicted octanol–water partition coefficient (Wildman–Crippen LogP) is 4.20. The normalized spacial score (nSPS) is 10.7. The van der Waals surface area contributed by atoms with Crippen molar-refractivity contribution in [3.05, 3.63) is 63.9 Å². The lowest BCUT2D eigenvalue weighted by Gasteiger charge is -2.09. The molecule has 0 saturated carbocycles. The van der Waals surface area contributed by atoms with E-state index in [2.05, 4.69) is 27.6 Å². The van der Waals surface area contributed by atoms with Gasteiger partial charge in [0.05, 0.1) is 5.69 Å². The van der Waals surface area contributed by atoms with E-state index in [0.29, 0.717) is 5.69 Å². The first-order valence-corrected chi connectivity index (χ1v) is 7.12. The van der Waals surface area contributed by atoms with Crippen molar-refractivity contribution >= 4 is 39.3 Å². The first kappa shape index (κ1) is 13.1. The summed E-state index contributed by atoms with van der Waals surface area (Å²) in [5.41, 5.74) is 1.73. The molecule has 20 heavy (non-hydrogen) atoms. The molecule has 0 aliphatic rings. The van der Waals surface area contributed by atoms with Gasteiger partial charge in [-0.15, -0.1) is 0 Å². The van der Waals surface area contributed by atoms with Gasteiger partial charge in [0.1, 0.15) is 5.69 Å². The van der Waals surface area contributed by atoms with Gasteiger partial charge in [-0.25, -0.2) is 9.78 Å². The number of carboxylic acid groups (broad SMARTS) is 1. The number of aromatic nitrogens is 1. The van der Waals surface area contributed by atoms with E-state index in [9.17, 15) is 9.90 Å². The monoisotopic (exact) mass is 375 g/mol. The van der Waals surface area contributed by atoms with Crippen LogP contribution in [0.3, 0.4) is 0 Å². The highest BCUT2D eigenvalue weighted by Gasteiger charge is 2.13. The van der Waals surface area contributed by atoms with Crippen molar-refractivity contribution in [1.82, 2.24) is 4.98 Å². The Morgan fingerprint density at radius 2 is 1.75 bits per heavy atom. The zero-order chi connectivity index (χ0) is 14.1. The number of carboxylic acids is 1. The summed E-state index contributed by atoms with van der Waals surface area (Å²) in [6.45, 7) is 0. The number of halogens is 1. The van der Waals surface area contributed by atoms with Crippen molar-refractivity contribution in [2.75, 3.05) is 0 Å². The molecule has 3 aromatic rings. The Morgan fingerprint density at radius 1 is 1.05 bits per heavy atom. The third kappa shape index (κ3) is 2.27. The van der Waals surface area contributed by atoms with Crippen molar-refractivity contribution in [2.24, 2.45) is 0 Å². The summed E-state index contributed by atoms with van der Waals surface area (Å²) < 4.78 is 1.05. The Morgan fingerprint density at radius 3 is 2.50 bits per heavy atom. The fourth-order valence-electron chi connectivity index (χ4n) is 2.17. The highest BCUT2D eigenvalue weighted by molar-refractivity contribution is 14.1. The van der Waals surface area contributed by atoms with Crippen molar-refractivity contribution < 1.29 is 9.90 Å². The number of hydrogen-bond acceptors (Lipinski definition) is 2. The summed E-state index contributed by atoms with van der Waals surface area (Å²) in [6.07, 6.45) is 0. The third-order valence-corrected chi connectivity index (χ3v) is 4.03. The lowest BCUT2D eigenvalue weighted by atomic mass is 10.0. The minimum atomic E-state index is -1.01. The summed E-state index contributed by atoms with van der Waals surface area (Å²) in [5, 5.41) is 11.1. The van der Waals surface area contributed by atoms with Crippen LogP contribution in [0.1, 0.15) is 10.5 Å². The van der Waals surface area contributed by atoms with Crippen LogP contribution in [0.5, 0.6) is 0 Å². The molecule has 0 radical (unpaired) electrons. The van der Waals surface area contributed by atoms with Crippen molar-refractivity contribution in [3.63, 3.8) is 0 Å². The van der Waals surface area contributed by atoms with Gasteiger partial charge in [0.25, 0.3) is 0 Å². The number of rotatable bonds is 2. The van der Waals surface area contributed by atoms with Crippen LogP contribution in [0.4, 0.5) is 0 Å². The van der Waals surface area contributed by atoms with Gasteiger partial charge in [-0.1, -0.05) is 42.5 Å². The molecule has 0 spiro atoms. The second-order valence-corrected chi connectivity index (χ2v) is 5.52. The van der Waals surface area contributed by atoms with Crippen LogP contribution < -0.4 is 0 Å². The molecule has 0 aliphatic heterocycles. The lowest BCUT2D eigenvalue weighted by molar-refractivity contribution is 0.0691. The highest BCUT2D eigenvalue weighted by Crippen LogP contribution is 2.30. The van der Waals surface area contributed by atoms with Gasteiger partial charge in [0, 0.05) is 14.5 Å². The number of benzene rings is 2. The zero-order valence-corrected chi connectivity index (χ0v) is 12.5. The number of nitrogens with zero attached hydrogens (tertiary/aromatic N) is 1. The van der Waals surface area contributed by atoms with Crippen LogP contribution in [-0.2, 0) is 0 Å². The molecule has 0 atom stereocenters. The average molecular weight is 375 g/mol. The molecule has 2 aromatic carbocycles. The SMILES string of the molecule is O=C(O)c1cc2ccccc2c(-c2ccccc2I)n1. The average Bonchev–Trinajstić information content (AvgIpc) is 2.46. The lowest BCUT2D eigenvalue weighted by Crippen LogP contribution is -2.02. The number of pyridine rings is 1. The number of aromatic carboxylic acids is 1. The maximum atomic E-state index is 11.2. The van der Waals surface area contributed by atoms with E-state index in [-0.39, 0.29) is 5.69 Å². The molecule has 0 amide bonds. The van der Waals surface area contributed by atoms with Gasteiger partial charge in [-0.2, -0.15) is 0 Å². The van der Waals surface area contributed by atoms with Crippen molar-refractivity contribution in [1.29, 1.82) is 0 Å². The Hall–Kier alpha value is -1.95. The van der Waals surface area contributed by atoms with Crippen LogP contribution >= 0.6 is 22.6 Å². The third-order valence-electron chi connectivity index (χ3n) is 3.09. The summed E-state index contributed by atoms with van der Waals surface area (Å²) in [5.74, 6) is -1.01. The van der Waals surface area contributed by atoms with E-state index in [1.807, 2.05) is 48.5 Å². The molecule has 1 heterocycles. The standard InChI is InChI=1S/C16H10INO2/c17-13-8-4-3-7-12(13)15-11-6-2-1-5-10(11)9-14(18-15)16(19)20/h1-9H,(H,19,20). The van der Waals surface area contributed by atoms with E-state index in [4.69, 9.17) is 0 Å². The van der Waals surface area contributed by atoms with Gasteiger partial charge in [-0.3, -0.25) is 0 Å². The summed E-state index contributed by atoms with van der Waals surface area (Å²) in [7, 11) is 0. The Balaban J connectivity index is 2.39. The molecule has 1 N–H and O–H groups in total. The van der Waals surface area contributed by atoms with Crippen LogP contribution in [0.2, 0.25) is 0 Å². The molecule has 3 nitrogen and oxygen atoms in total. The molecule has 0 fully saturated rings. The van der Waals surface area contributed by atoms with Gasteiger partial charge in [0.15, 0.2) is 0 Å².